The molecule has 0 radical (unpaired) electrons. The molecule has 3 atom stereocenters. The standard InChI is InChI=1S/C29H38N4O6/c1-17(2)12-24(27-30-21(16-39-27)13-19(4)28(35)36)31-26(34)15-20-10-11-23(25(14-20)38-5)33-29(37)32-22-9-7-6-8-18(22)3/h6-11,14,17,19,21,24H,12-13,15-16H2,1-5H3,(H,31,34)(H,35,36)(H2,32,33,37). The van der Waals surface area contributed by atoms with Crippen LogP contribution in [0.1, 0.15) is 44.7 Å². The van der Waals surface area contributed by atoms with Gasteiger partial charge < -0.3 is 30.5 Å². The van der Waals surface area contributed by atoms with Gasteiger partial charge in [0.25, 0.3) is 0 Å². The van der Waals surface area contributed by atoms with Gasteiger partial charge in [-0.2, -0.15) is 0 Å². The quantitative estimate of drug-likeness (QED) is 0.311. The van der Waals surface area contributed by atoms with Gasteiger partial charge in [-0.3, -0.25) is 9.59 Å². The number of nitrogens with zero attached hydrogens (tertiary/aromatic N) is 1. The molecule has 3 amide bonds. The third kappa shape index (κ3) is 8.73. The van der Waals surface area contributed by atoms with Crippen molar-refractivity contribution in [1.82, 2.24) is 5.32 Å². The lowest BCUT2D eigenvalue weighted by molar-refractivity contribution is -0.141. The molecule has 10 nitrogen and oxygen atoms in total. The Labute approximate surface area is 229 Å². The van der Waals surface area contributed by atoms with Crippen LogP contribution in [0.3, 0.4) is 0 Å². The van der Waals surface area contributed by atoms with Gasteiger partial charge in [-0.25, -0.2) is 9.79 Å². The molecule has 0 aromatic heterocycles. The molecule has 0 saturated carbocycles. The van der Waals surface area contributed by atoms with Crippen LogP contribution in [0.4, 0.5) is 16.2 Å². The van der Waals surface area contributed by atoms with Crippen molar-refractivity contribution in [3.05, 3.63) is 53.6 Å². The number of urea groups is 1. The summed E-state index contributed by atoms with van der Waals surface area (Å²) in [7, 11) is 1.50. The predicted octanol–water partition coefficient (Wildman–Crippen LogP) is 4.63. The maximum absolute atomic E-state index is 13.0. The van der Waals surface area contributed by atoms with Gasteiger partial charge in [-0.05, 0) is 55.0 Å². The van der Waals surface area contributed by atoms with Crippen molar-refractivity contribution < 1.29 is 29.0 Å². The van der Waals surface area contributed by atoms with Crippen LogP contribution in [0.2, 0.25) is 0 Å². The summed E-state index contributed by atoms with van der Waals surface area (Å²) in [6, 6.07) is 11.6. The van der Waals surface area contributed by atoms with Crippen molar-refractivity contribution in [2.45, 2.75) is 59.0 Å². The predicted molar refractivity (Wildman–Crippen MR) is 150 cm³/mol. The lowest BCUT2D eigenvalue weighted by Gasteiger charge is -2.20. The monoisotopic (exact) mass is 538 g/mol. The number of carbonyl (C=O) groups is 3. The summed E-state index contributed by atoms with van der Waals surface area (Å²) >= 11 is 0. The molecule has 2 aromatic rings. The lowest BCUT2D eigenvalue weighted by atomic mass is 10.0. The Balaban J connectivity index is 1.63. The number of amides is 3. The van der Waals surface area contributed by atoms with E-state index in [-0.39, 0.29) is 24.3 Å². The number of para-hydroxylation sites is 1. The number of aliphatic imine (C=N–C) groups is 1. The van der Waals surface area contributed by atoms with E-state index in [4.69, 9.17) is 9.47 Å². The zero-order valence-corrected chi connectivity index (χ0v) is 23.1. The van der Waals surface area contributed by atoms with Crippen molar-refractivity contribution in [2.24, 2.45) is 16.8 Å². The van der Waals surface area contributed by atoms with E-state index in [1.165, 1.54) is 7.11 Å². The molecule has 1 aliphatic heterocycles. The number of carboxylic acid groups (broad SMARTS) is 1. The van der Waals surface area contributed by atoms with Crippen LogP contribution in [0, 0.1) is 18.8 Å². The Morgan fingerprint density at radius 3 is 2.49 bits per heavy atom. The first-order valence-corrected chi connectivity index (χ1v) is 13.1. The first-order valence-electron chi connectivity index (χ1n) is 13.1. The molecule has 1 aliphatic rings. The number of carbonyl (C=O) groups excluding carboxylic acids is 2. The smallest absolute Gasteiger partial charge is 0.323 e. The molecule has 3 unspecified atom stereocenters. The summed E-state index contributed by atoms with van der Waals surface area (Å²) < 4.78 is 11.2. The second kappa shape index (κ2) is 13.6. The van der Waals surface area contributed by atoms with Gasteiger partial charge >= 0.3 is 12.0 Å². The third-order valence-electron chi connectivity index (χ3n) is 6.39. The van der Waals surface area contributed by atoms with Crippen LogP contribution in [0.5, 0.6) is 5.75 Å². The summed E-state index contributed by atoms with van der Waals surface area (Å²) in [6.07, 6.45) is 1.10. The molecular weight excluding hydrogens is 500 g/mol. The van der Waals surface area contributed by atoms with Gasteiger partial charge in [0.1, 0.15) is 18.4 Å². The van der Waals surface area contributed by atoms with Gasteiger partial charge in [-0.15, -0.1) is 0 Å². The van der Waals surface area contributed by atoms with Crippen molar-refractivity contribution in [2.75, 3.05) is 24.4 Å². The van der Waals surface area contributed by atoms with Gasteiger partial charge in [0, 0.05) is 5.69 Å². The number of nitrogens with one attached hydrogen (secondary N) is 3. The molecule has 0 bridgehead atoms. The lowest BCUT2D eigenvalue weighted by Crippen LogP contribution is -2.42. The number of aliphatic carboxylic acids is 1. The fourth-order valence-electron chi connectivity index (χ4n) is 4.32. The maximum Gasteiger partial charge on any atom is 0.323 e. The minimum atomic E-state index is -0.866. The number of aryl methyl sites for hydroxylation is 1. The molecule has 4 N–H and O–H groups in total. The molecular formula is C29H38N4O6. The first kappa shape index (κ1) is 29.5. The topological polar surface area (TPSA) is 138 Å². The second-order valence-corrected chi connectivity index (χ2v) is 10.3. The van der Waals surface area contributed by atoms with E-state index in [2.05, 4.69) is 20.9 Å². The van der Waals surface area contributed by atoms with E-state index in [0.29, 0.717) is 48.0 Å². The second-order valence-electron chi connectivity index (χ2n) is 10.3. The van der Waals surface area contributed by atoms with Gasteiger partial charge in [0.05, 0.1) is 31.2 Å². The number of anilines is 2. The Morgan fingerprint density at radius 1 is 1.10 bits per heavy atom. The molecule has 1 heterocycles. The maximum atomic E-state index is 13.0. The minimum Gasteiger partial charge on any atom is -0.495 e. The van der Waals surface area contributed by atoms with Crippen molar-refractivity contribution in [1.29, 1.82) is 0 Å². The Morgan fingerprint density at radius 2 is 1.82 bits per heavy atom. The molecule has 0 fully saturated rings. The fraction of sp³-hybridized carbons (Fsp3) is 0.448. The van der Waals surface area contributed by atoms with E-state index in [9.17, 15) is 19.5 Å². The highest BCUT2D eigenvalue weighted by molar-refractivity contribution is 6.01. The average Bonchev–Trinajstić information content (AvgIpc) is 3.34. The zero-order valence-electron chi connectivity index (χ0n) is 23.1. The van der Waals surface area contributed by atoms with Crippen LogP contribution < -0.4 is 20.7 Å². The van der Waals surface area contributed by atoms with Crippen molar-refractivity contribution in [3.8, 4) is 5.75 Å². The van der Waals surface area contributed by atoms with Crippen molar-refractivity contribution >= 4 is 35.2 Å². The highest BCUT2D eigenvalue weighted by atomic mass is 16.5. The molecule has 0 saturated heterocycles. The third-order valence-corrected chi connectivity index (χ3v) is 6.39. The van der Waals surface area contributed by atoms with E-state index < -0.39 is 24.0 Å². The number of methoxy groups -OCH3 is 1. The van der Waals surface area contributed by atoms with Crippen LogP contribution in [-0.2, 0) is 20.7 Å². The Kier molecular flexibility index (Phi) is 10.3. The number of benzene rings is 2. The Bertz CT molecular complexity index is 1210. The van der Waals surface area contributed by atoms with Gasteiger partial charge in [-0.1, -0.05) is 45.0 Å². The SMILES string of the molecule is COc1cc(CC(=O)NC(CC(C)C)C2=NC(CC(C)C(=O)O)CO2)ccc1NC(=O)Nc1ccccc1C. The molecule has 10 heteroatoms. The number of carboxylic acids is 1. The van der Waals surface area contributed by atoms with E-state index in [1.54, 1.807) is 25.1 Å². The molecule has 0 spiro atoms. The summed E-state index contributed by atoms with van der Waals surface area (Å²) in [5, 5.41) is 17.8. The zero-order chi connectivity index (χ0) is 28.5. The largest absolute Gasteiger partial charge is 0.495 e. The summed E-state index contributed by atoms with van der Waals surface area (Å²) in [5.74, 6) is -0.464. The molecule has 0 aliphatic carbocycles. The van der Waals surface area contributed by atoms with Crippen LogP contribution in [-0.4, -0.2) is 54.7 Å². The number of rotatable bonds is 12. The fourth-order valence-corrected chi connectivity index (χ4v) is 4.32. The normalized spacial score (nSPS) is 16.1. The van der Waals surface area contributed by atoms with Crippen molar-refractivity contribution in [3.63, 3.8) is 0 Å². The molecule has 3 rings (SSSR count). The molecule has 210 valence electrons. The Hall–Kier alpha value is -4.08. The van der Waals surface area contributed by atoms with Gasteiger partial charge in [0.2, 0.25) is 11.8 Å². The minimum absolute atomic E-state index is 0.0907. The van der Waals surface area contributed by atoms with Crippen LogP contribution >= 0.6 is 0 Å². The van der Waals surface area contributed by atoms with Crippen LogP contribution in [0.15, 0.2) is 47.5 Å². The highest BCUT2D eigenvalue weighted by Gasteiger charge is 2.30. The van der Waals surface area contributed by atoms with E-state index >= 15 is 0 Å². The van der Waals surface area contributed by atoms with Crippen LogP contribution in [0.25, 0.3) is 0 Å². The summed E-state index contributed by atoms with van der Waals surface area (Å²) in [6.45, 7) is 7.95. The number of hydrogen-bond acceptors (Lipinski definition) is 6. The molecule has 2 aromatic carbocycles. The number of hydrogen-bond donors (Lipinski definition) is 4. The van der Waals surface area contributed by atoms with E-state index in [1.807, 2.05) is 45.0 Å². The first-order chi connectivity index (χ1) is 18.5. The number of ether oxygens (including phenoxy) is 2. The summed E-state index contributed by atoms with van der Waals surface area (Å²) in [5.41, 5.74) is 2.83. The van der Waals surface area contributed by atoms with E-state index in [0.717, 1.165) is 5.56 Å². The molecule has 39 heavy (non-hydrogen) atoms. The van der Waals surface area contributed by atoms with Gasteiger partial charge in [0.15, 0.2) is 0 Å². The summed E-state index contributed by atoms with van der Waals surface area (Å²) in [4.78, 5) is 41.3. The average molecular weight is 539 g/mol. The highest BCUT2D eigenvalue weighted by Crippen LogP contribution is 2.26.